The summed E-state index contributed by atoms with van der Waals surface area (Å²) < 4.78 is 0. The Morgan fingerprint density at radius 2 is 1.86 bits per heavy atom. The molecule has 0 spiro atoms. The van der Waals surface area contributed by atoms with Gasteiger partial charge in [-0.05, 0) is 24.8 Å². The molecule has 21 heavy (non-hydrogen) atoms. The summed E-state index contributed by atoms with van der Waals surface area (Å²) in [4.78, 5) is 25.5. The maximum absolute atomic E-state index is 12.4. The second kappa shape index (κ2) is 7.25. The van der Waals surface area contributed by atoms with E-state index in [1.807, 2.05) is 35.2 Å². The van der Waals surface area contributed by atoms with Gasteiger partial charge in [-0.1, -0.05) is 37.3 Å². The fourth-order valence-corrected chi connectivity index (χ4v) is 2.85. The standard InChI is InChI=1S/C17H24N2O2/c1-3-16(14-7-5-4-6-8-14)18-17(21)15-9-11-19(12-10-15)13(2)20/h4-8,15-16H,3,9-12H2,1-2H3,(H,18,21)/t16-/m1/s1. The third-order valence-corrected chi connectivity index (χ3v) is 4.24. The normalized spacial score (nSPS) is 17.3. The molecular formula is C17H24N2O2. The summed E-state index contributed by atoms with van der Waals surface area (Å²) in [5, 5.41) is 3.15. The van der Waals surface area contributed by atoms with Gasteiger partial charge in [-0.25, -0.2) is 0 Å². The molecule has 1 atom stereocenters. The van der Waals surface area contributed by atoms with E-state index in [0.717, 1.165) is 24.8 Å². The molecule has 0 unspecified atom stereocenters. The van der Waals surface area contributed by atoms with Crippen LogP contribution in [0.3, 0.4) is 0 Å². The molecule has 2 rings (SSSR count). The Morgan fingerprint density at radius 3 is 2.38 bits per heavy atom. The molecule has 1 aliphatic heterocycles. The molecule has 114 valence electrons. The quantitative estimate of drug-likeness (QED) is 0.925. The van der Waals surface area contributed by atoms with Crippen LogP contribution in [0.2, 0.25) is 0 Å². The molecule has 1 saturated heterocycles. The zero-order valence-electron chi connectivity index (χ0n) is 12.8. The third kappa shape index (κ3) is 4.06. The number of carbonyl (C=O) groups excluding carboxylic acids is 2. The molecule has 1 N–H and O–H groups in total. The summed E-state index contributed by atoms with van der Waals surface area (Å²) in [7, 11) is 0. The summed E-state index contributed by atoms with van der Waals surface area (Å²) in [5.41, 5.74) is 1.15. The van der Waals surface area contributed by atoms with Crippen LogP contribution in [0, 0.1) is 5.92 Å². The molecule has 4 heteroatoms. The van der Waals surface area contributed by atoms with E-state index in [1.165, 1.54) is 0 Å². The molecule has 1 aromatic rings. The molecule has 0 aliphatic carbocycles. The van der Waals surface area contributed by atoms with Crippen molar-refractivity contribution in [2.24, 2.45) is 5.92 Å². The Morgan fingerprint density at radius 1 is 1.24 bits per heavy atom. The van der Waals surface area contributed by atoms with E-state index in [1.54, 1.807) is 6.92 Å². The number of rotatable bonds is 4. The van der Waals surface area contributed by atoms with Crippen LogP contribution in [0.15, 0.2) is 30.3 Å². The highest BCUT2D eigenvalue weighted by Crippen LogP contribution is 2.21. The maximum Gasteiger partial charge on any atom is 0.223 e. The molecule has 0 saturated carbocycles. The molecule has 4 nitrogen and oxygen atoms in total. The number of likely N-dealkylation sites (tertiary alicyclic amines) is 1. The molecule has 0 radical (unpaired) electrons. The average Bonchev–Trinajstić information content (AvgIpc) is 2.53. The Balaban J connectivity index is 1.91. The van der Waals surface area contributed by atoms with E-state index in [2.05, 4.69) is 12.2 Å². The zero-order valence-corrected chi connectivity index (χ0v) is 12.8. The number of nitrogens with zero attached hydrogens (tertiary/aromatic N) is 1. The topological polar surface area (TPSA) is 49.4 Å². The number of benzene rings is 1. The fraction of sp³-hybridized carbons (Fsp3) is 0.529. The van der Waals surface area contributed by atoms with Gasteiger partial charge in [0.2, 0.25) is 11.8 Å². The summed E-state index contributed by atoms with van der Waals surface area (Å²) in [6.45, 7) is 5.05. The van der Waals surface area contributed by atoms with Crippen molar-refractivity contribution in [3.63, 3.8) is 0 Å². The highest BCUT2D eigenvalue weighted by atomic mass is 16.2. The summed E-state index contributed by atoms with van der Waals surface area (Å²) >= 11 is 0. The lowest BCUT2D eigenvalue weighted by atomic mass is 9.94. The first-order chi connectivity index (χ1) is 10.1. The molecule has 1 aliphatic rings. The first kappa shape index (κ1) is 15.5. The van der Waals surface area contributed by atoms with Crippen LogP contribution in [0.5, 0.6) is 0 Å². The first-order valence-electron chi connectivity index (χ1n) is 7.72. The summed E-state index contributed by atoms with van der Waals surface area (Å²) in [5.74, 6) is 0.247. The van der Waals surface area contributed by atoms with E-state index in [0.29, 0.717) is 13.1 Å². The Hall–Kier alpha value is -1.84. The fourth-order valence-electron chi connectivity index (χ4n) is 2.85. The second-order valence-electron chi connectivity index (χ2n) is 5.66. The molecule has 0 bridgehead atoms. The largest absolute Gasteiger partial charge is 0.349 e. The van der Waals surface area contributed by atoms with Gasteiger partial charge in [0.15, 0.2) is 0 Å². The van der Waals surface area contributed by atoms with Gasteiger partial charge in [0, 0.05) is 25.9 Å². The average molecular weight is 288 g/mol. The third-order valence-electron chi connectivity index (χ3n) is 4.24. The van der Waals surface area contributed by atoms with Crippen molar-refractivity contribution in [3.05, 3.63) is 35.9 Å². The van der Waals surface area contributed by atoms with Gasteiger partial charge >= 0.3 is 0 Å². The van der Waals surface area contributed by atoms with Gasteiger partial charge in [0.25, 0.3) is 0 Å². The van der Waals surface area contributed by atoms with Gasteiger partial charge in [-0.3, -0.25) is 9.59 Å². The van der Waals surface area contributed by atoms with Crippen molar-refractivity contribution in [2.75, 3.05) is 13.1 Å². The summed E-state index contributed by atoms with van der Waals surface area (Å²) in [6.07, 6.45) is 2.40. The minimum absolute atomic E-state index is 0.0263. The van der Waals surface area contributed by atoms with E-state index in [9.17, 15) is 9.59 Å². The number of hydrogen-bond donors (Lipinski definition) is 1. The van der Waals surface area contributed by atoms with Crippen LogP contribution in [0.1, 0.15) is 44.7 Å². The lowest BCUT2D eigenvalue weighted by Gasteiger charge is -2.31. The lowest BCUT2D eigenvalue weighted by Crippen LogP contribution is -2.43. The minimum atomic E-state index is 0.0263. The summed E-state index contributed by atoms with van der Waals surface area (Å²) in [6, 6.07) is 10.1. The SMILES string of the molecule is CC[C@@H](NC(=O)C1CCN(C(C)=O)CC1)c1ccccc1. The van der Waals surface area contributed by atoms with E-state index < -0.39 is 0 Å². The Labute approximate surface area is 126 Å². The van der Waals surface area contributed by atoms with Gasteiger partial charge < -0.3 is 10.2 Å². The Kier molecular flexibility index (Phi) is 5.37. The molecule has 1 heterocycles. The maximum atomic E-state index is 12.4. The van der Waals surface area contributed by atoms with Crippen LogP contribution in [0.25, 0.3) is 0 Å². The molecule has 2 amide bonds. The number of piperidine rings is 1. The Bertz CT molecular complexity index is 479. The number of hydrogen-bond acceptors (Lipinski definition) is 2. The number of nitrogens with one attached hydrogen (secondary N) is 1. The molecular weight excluding hydrogens is 264 g/mol. The number of amides is 2. The van der Waals surface area contributed by atoms with Gasteiger partial charge in [-0.2, -0.15) is 0 Å². The van der Waals surface area contributed by atoms with Crippen molar-refractivity contribution in [2.45, 2.75) is 39.2 Å². The van der Waals surface area contributed by atoms with Gasteiger partial charge in [0.1, 0.15) is 0 Å². The van der Waals surface area contributed by atoms with Crippen LogP contribution in [0.4, 0.5) is 0 Å². The van der Waals surface area contributed by atoms with Crippen molar-refractivity contribution in [1.29, 1.82) is 0 Å². The smallest absolute Gasteiger partial charge is 0.223 e. The second-order valence-corrected chi connectivity index (χ2v) is 5.66. The first-order valence-corrected chi connectivity index (χ1v) is 7.72. The van der Waals surface area contributed by atoms with Crippen molar-refractivity contribution < 1.29 is 9.59 Å². The highest BCUT2D eigenvalue weighted by molar-refractivity contribution is 5.80. The molecule has 1 fully saturated rings. The van der Waals surface area contributed by atoms with E-state index >= 15 is 0 Å². The van der Waals surface area contributed by atoms with Crippen molar-refractivity contribution in [1.82, 2.24) is 10.2 Å². The minimum Gasteiger partial charge on any atom is -0.349 e. The van der Waals surface area contributed by atoms with Crippen molar-refractivity contribution >= 4 is 11.8 Å². The van der Waals surface area contributed by atoms with E-state index in [-0.39, 0.29) is 23.8 Å². The van der Waals surface area contributed by atoms with Crippen LogP contribution >= 0.6 is 0 Å². The van der Waals surface area contributed by atoms with E-state index in [4.69, 9.17) is 0 Å². The predicted molar refractivity (Wildman–Crippen MR) is 82.6 cm³/mol. The van der Waals surface area contributed by atoms with Crippen molar-refractivity contribution in [3.8, 4) is 0 Å². The zero-order chi connectivity index (χ0) is 15.2. The lowest BCUT2D eigenvalue weighted by molar-refractivity contribution is -0.134. The highest BCUT2D eigenvalue weighted by Gasteiger charge is 2.27. The molecule has 0 aromatic heterocycles. The number of carbonyl (C=O) groups is 2. The molecule has 1 aromatic carbocycles. The van der Waals surface area contributed by atoms with Gasteiger partial charge in [-0.15, -0.1) is 0 Å². The van der Waals surface area contributed by atoms with Gasteiger partial charge in [0.05, 0.1) is 6.04 Å². The van der Waals surface area contributed by atoms with Crippen LogP contribution in [-0.2, 0) is 9.59 Å². The van der Waals surface area contributed by atoms with Crippen LogP contribution < -0.4 is 5.32 Å². The monoisotopic (exact) mass is 288 g/mol. The van der Waals surface area contributed by atoms with Crippen LogP contribution in [-0.4, -0.2) is 29.8 Å². The predicted octanol–water partition coefficient (Wildman–Crippen LogP) is 2.51.